The highest BCUT2D eigenvalue weighted by Gasteiger charge is 2.62. The van der Waals surface area contributed by atoms with Crippen LogP contribution in [-0.4, -0.2) is 25.3 Å². The van der Waals surface area contributed by atoms with Crippen molar-refractivity contribution >= 4 is 15.9 Å². The molecule has 1 unspecified atom stereocenters. The van der Waals surface area contributed by atoms with Crippen molar-refractivity contribution in [2.75, 3.05) is 13.2 Å². The van der Waals surface area contributed by atoms with Crippen LogP contribution in [0.1, 0.15) is 16.8 Å². The van der Waals surface area contributed by atoms with E-state index in [1.807, 2.05) is 0 Å². The number of alkyl halides is 6. The number of hydrogen-bond acceptors (Lipinski definition) is 2. The van der Waals surface area contributed by atoms with Crippen molar-refractivity contribution in [2.24, 2.45) is 0 Å². The standard InChI is InChI=1S/C12H10BrF5O2/c13-10(11(14,15)12(16,17)18)7-2-3-8-9(6-7)20-5-1-4-19-8/h2-3,6,10H,1,4-5H2. The van der Waals surface area contributed by atoms with Crippen molar-refractivity contribution in [3.8, 4) is 11.5 Å². The van der Waals surface area contributed by atoms with Crippen LogP contribution in [0.3, 0.4) is 0 Å². The molecule has 0 aromatic heterocycles. The van der Waals surface area contributed by atoms with Gasteiger partial charge < -0.3 is 9.47 Å². The molecule has 20 heavy (non-hydrogen) atoms. The number of benzene rings is 1. The SMILES string of the molecule is FC(F)(F)C(F)(F)C(Br)c1ccc2c(c1)OCCCO2. The zero-order valence-corrected chi connectivity index (χ0v) is 11.6. The van der Waals surface area contributed by atoms with Gasteiger partial charge in [0.25, 0.3) is 0 Å². The predicted octanol–water partition coefficient (Wildman–Crippen LogP) is 4.48. The molecular formula is C12H10BrF5O2. The van der Waals surface area contributed by atoms with E-state index in [-0.39, 0.29) is 11.3 Å². The summed E-state index contributed by atoms with van der Waals surface area (Å²) in [5.74, 6) is -4.38. The molecule has 1 heterocycles. The Bertz CT molecular complexity index is 489. The highest BCUT2D eigenvalue weighted by atomic mass is 79.9. The minimum absolute atomic E-state index is 0.169. The van der Waals surface area contributed by atoms with Gasteiger partial charge in [0, 0.05) is 6.42 Å². The fraction of sp³-hybridized carbons (Fsp3) is 0.500. The molecule has 0 aliphatic carbocycles. The van der Waals surface area contributed by atoms with Gasteiger partial charge in [-0.05, 0) is 17.7 Å². The Labute approximate surface area is 120 Å². The van der Waals surface area contributed by atoms with Gasteiger partial charge in [-0.1, -0.05) is 22.0 Å². The third-order valence-electron chi connectivity index (χ3n) is 2.76. The lowest BCUT2D eigenvalue weighted by molar-refractivity contribution is -0.281. The summed E-state index contributed by atoms with van der Waals surface area (Å²) >= 11 is 2.42. The second-order valence-electron chi connectivity index (χ2n) is 4.24. The minimum Gasteiger partial charge on any atom is -0.490 e. The van der Waals surface area contributed by atoms with Crippen molar-refractivity contribution in [3.05, 3.63) is 23.8 Å². The van der Waals surface area contributed by atoms with Crippen LogP contribution in [0.5, 0.6) is 11.5 Å². The molecule has 2 nitrogen and oxygen atoms in total. The number of fused-ring (bicyclic) bond motifs is 1. The molecule has 0 spiro atoms. The highest BCUT2D eigenvalue weighted by molar-refractivity contribution is 9.09. The second-order valence-corrected chi connectivity index (χ2v) is 5.16. The normalized spacial score (nSPS) is 17.5. The van der Waals surface area contributed by atoms with Crippen molar-refractivity contribution in [1.82, 2.24) is 0 Å². The lowest BCUT2D eigenvalue weighted by atomic mass is 10.1. The van der Waals surface area contributed by atoms with Gasteiger partial charge in [0.1, 0.15) is 4.83 Å². The van der Waals surface area contributed by atoms with E-state index >= 15 is 0 Å². The van der Waals surface area contributed by atoms with Gasteiger partial charge >= 0.3 is 12.1 Å². The van der Waals surface area contributed by atoms with E-state index in [9.17, 15) is 22.0 Å². The Balaban J connectivity index is 2.32. The molecule has 1 atom stereocenters. The van der Waals surface area contributed by atoms with Crippen molar-refractivity contribution in [2.45, 2.75) is 23.3 Å². The summed E-state index contributed by atoms with van der Waals surface area (Å²) < 4.78 is 74.1. The summed E-state index contributed by atoms with van der Waals surface area (Å²) in [7, 11) is 0. The highest BCUT2D eigenvalue weighted by Crippen LogP contribution is 2.49. The van der Waals surface area contributed by atoms with E-state index in [1.165, 1.54) is 6.07 Å². The first kappa shape index (κ1) is 15.3. The predicted molar refractivity (Wildman–Crippen MR) is 64.7 cm³/mol. The quantitative estimate of drug-likeness (QED) is 0.571. The van der Waals surface area contributed by atoms with Crippen LogP contribution in [0.25, 0.3) is 0 Å². The fourth-order valence-electron chi connectivity index (χ4n) is 1.69. The molecule has 1 aromatic carbocycles. The molecule has 2 rings (SSSR count). The van der Waals surface area contributed by atoms with Crippen molar-refractivity contribution in [3.63, 3.8) is 0 Å². The zero-order chi connectivity index (χ0) is 15.0. The summed E-state index contributed by atoms with van der Waals surface area (Å²) in [5.41, 5.74) is -0.225. The monoisotopic (exact) mass is 360 g/mol. The Morgan fingerprint density at radius 1 is 1.00 bits per heavy atom. The third kappa shape index (κ3) is 2.84. The Kier molecular flexibility index (Phi) is 4.13. The van der Waals surface area contributed by atoms with Crippen LogP contribution in [0.2, 0.25) is 0 Å². The van der Waals surface area contributed by atoms with Crippen LogP contribution in [0.15, 0.2) is 18.2 Å². The Morgan fingerprint density at radius 2 is 1.60 bits per heavy atom. The summed E-state index contributed by atoms with van der Waals surface area (Å²) in [6.45, 7) is 0.724. The first-order valence-corrected chi connectivity index (χ1v) is 6.63. The fourth-order valence-corrected chi connectivity index (χ4v) is 2.23. The van der Waals surface area contributed by atoms with Crippen LogP contribution in [0, 0.1) is 0 Å². The van der Waals surface area contributed by atoms with Gasteiger partial charge in [-0.2, -0.15) is 22.0 Å². The number of hydrogen-bond donors (Lipinski definition) is 0. The van der Waals surface area contributed by atoms with E-state index < -0.39 is 16.9 Å². The molecule has 112 valence electrons. The third-order valence-corrected chi connectivity index (χ3v) is 3.86. The van der Waals surface area contributed by atoms with Crippen LogP contribution in [0.4, 0.5) is 22.0 Å². The summed E-state index contributed by atoms with van der Waals surface area (Å²) in [4.78, 5) is -2.19. The van der Waals surface area contributed by atoms with Gasteiger partial charge in [-0.25, -0.2) is 0 Å². The minimum atomic E-state index is -5.63. The van der Waals surface area contributed by atoms with E-state index in [0.717, 1.165) is 12.1 Å². The molecule has 0 radical (unpaired) electrons. The maximum absolute atomic E-state index is 13.3. The lowest BCUT2D eigenvalue weighted by Crippen LogP contribution is -2.39. The molecule has 0 saturated carbocycles. The van der Waals surface area contributed by atoms with Gasteiger partial charge in [0.15, 0.2) is 11.5 Å². The second kappa shape index (κ2) is 5.38. The average molecular weight is 361 g/mol. The zero-order valence-electron chi connectivity index (χ0n) is 10.0. The van der Waals surface area contributed by atoms with E-state index in [2.05, 4.69) is 15.9 Å². The lowest BCUT2D eigenvalue weighted by Gasteiger charge is -2.25. The van der Waals surface area contributed by atoms with Gasteiger partial charge in [-0.15, -0.1) is 0 Å². The maximum Gasteiger partial charge on any atom is 0.454 e. The number of ether oxygens (including phenoxy) is 2. The average Bonchev–Trinajstić information content (AvgIpc) is 2.60. The molecule has 0 amide bonds. The molecule has 1 aromatic rings. The molecule has 1 aliphatic rings. The van der Waals surface area contributed by atoms with Crippen LogP contribution < -0.4 is 9.47 Å². The van der Waals surface area contributed by atoms with Crippen LogP contribution >= 0.6 is 15.9 Å². The molecule has 0 fully saturated rings. The molecular weight excluding hydrogens is 351 g/mol. The first-order chi connectivity index (χ1) is 9.23. The van der Waals surface area contributed by atoms with Gasteiger partial charge in [-0.3, -0.25) is 0 Å². The molecule has 0 bridgehead atoms. The summed E-state index contributed by atoms with van der Waals surface area (Å²) in [6.07, 6.45) is -5.02. The van der Waals surface area contributed by atoms with Crippen molar-refractivity contribution in [1.29, 1.82) is 0 Å². The molecule has 0 saturated heterocycles. The molecule has 1 aliphatic heterocycles. The number of halogens is 6. The Hall–Kier alpha value is -1.05. The Morgan fingerprint density at radius 3 is 2.20 bits per heavy atom. The summed E-state index contributed by atoms with van der Waals surface area (Å²) in [5, 5.41) is 0. The smallest absolute Gasteiger partial charge is 0.454 e. The largest absolute Gasteiger partial charge is 0.490 e. The molecule has 0 N–H and O–H groups in total. The van der Waals surface area contributed by atoms with Crippen molar-refractivity contribution < 1.29 is 31.4 Å². The topological polar surface area (TPSA) is 18.5 Å². The maximum atomic E-state index is 13.3. The number of rotatable bonds is 2. The first-order valence-electron chi connectivity index (χ1n) is 5.71. The molecule has 8 heteroatoms. The summed E-state index contributed by atoms with van der Waals surface area (Å²) in [6, 6.07) is 3.63. The van der Waals surface area contributed by atoms with E-state index in [1.54, 1.807) is 0 Å². The van der Waals surface area contributed by atoms with E-state index in [4.69, 9.17) is 9.47 Å². The van der Waals surface area contributed by atoms with Gasteiger partial charge in [0.2, 0.25) is 0 Å². The van der Waals surface area contributed by atoms with Gasteiger partial charge in [0.05, 0.1) is 13.2 Å². The van der Waals surface area contributed by atoms with Crippen LogP contribution in [-0.2, 0) is 0 Å². The van der Waals surface area contributed by atoms with E-state index in [0.29, 0.717) is 25.4 Å².